The monoisotopic (exact) mass is 214 g/mol. The minimum atomic E-state index is -0.289. The molecule has 1 aliphatic rings. The van der Waals surface area contributed by atoms with Crippen LogP contribution in [0.4, 0.5) is 0 Å². The fraction of sp³-hybridized carbons (Fsp3) is 1.00. The van der Waals surface area contributed by atoms with Gasteiger partial charge in [-0.15, -0.1) is 0 Å². The lowest BCUT2D eigenvalue weighted by Gasteiger charge is -2.41. The van der Waals surface area contributed by atoms with Gasteiger partial charge in [-0.2, -0.15) is 0 Å². The van der Waals surface area contributed by atoms with Gasteiger partial charge >= 0.3 is 0 Å². The molecule has 0 aromatic heterocycles. The fourth-order valence-electron chi connectivity index (χ4n) is 2.64. The SMILES string of the molecule is CC(C)OCC(O)C1CCCCC1(C)C. The Hall–Kier alpha value is -0.0800. The molecule has 2 atom stereocenters. The van der Waals surface area contributed by atoms with E-state index in [1.807, 2.05) is 13.8 Å². The third-order valence-electron chi connectivity index (χ3n) is 3.65. The minimum absolute atomic E-state index is 0.214. The van der Waals surface area contributed by atoms with Crippen LogP contribution in [0.15, 0.2) is 0 Å². The van der Waals surface area contributed by atoms with E-state index in [0.29, 0.717) is 12.5 Å². The molecule has 0 bridgehead atoms. The topological polar surface area (TPSA) is 29.5 Å². The van der Waals surface area contributed by atoms with Gasteiger partial charge in [0.2, 0.25) is 0 Å². The maximum Gasteiger partial charge on any atom is 0.0806 e. The highest BCUT2D eigenvalue weighted by Crippen LogP contribution is 2.42. The predicted molar refractivity (Wildman–Crippen MR) is 62.8 cm³/mol. The molecule has 0 radical (unpaired) electrons. The zero-order valence-corrected chi connectivity index (χ0v) is 10.6. The van der Waals surface area contributed by atoms with Crippen LogP contribution in [-0.4, -0.2) is 23.9 Å². The van der Waals surface area contributed by atoms with Crippen molar-refractivity contribution >= 4 is 0 Å². The second kappa shape index (κ2) is 5.31. The molecule has 0 saturated heterocycles. The van der Waals surface area contributed by atoms with Gasteiger partial charge < -0.3 is 9.84 Å². The van der Waals surface area contributed by atoms with Gasteiger partial charge in [0, 0.05) is 0 Å². The first-order valence-electron chi connectivity index (χ1n) is 6.23. The molecule has 2 nitrogen and oxygen atoms in total. The number of ether oxygens (including phenoxy) is 1. The van der Waals surface area contributed by atoms with Crippen molar-refractivity contribution in [3.63, 3.8) is 0 Å². The van der Waals surface area contributed by atoms with Gasteiger partial charge in [-0.1, -0.05) is 26.7 Å². The third-order valence-corrected chi connectivity index (χ3v) is 3.65. The van der Waals surface area contributed by atoms with Crippen molar-refractivity contribution in [1.29, 1.82) is 0 Å². The van der Waals surface area contributed by atoms with Crippen LogP contribution < -0.4 is 0 Å². The Morgan fingerprint density at radius 3 is 2.53 bits per heavy atom. The summed E-state index contributed by atoms with van der Waals surface area (Å²) in [6.07, 6.45) is 4.87. The molecule has 0 spiro atoms. The quantitative estimate of drug-likeness (QED) is 0.779. The van der Waals surface area contributed by atoms with E-state index >= 15 is 0 Å². The largest absolute Gasteiger partial charge is 0.390 e. The molecule has 15 heavy (non-hydrogen) atoms. The van der Waals surface area contributed by atoms with Gasteiger partial charge in [0.15, 0.2) is 0 Å². The predicted octanol–water partition coefficient (Wildman–Crippen LogP) is 2.99. The lowest BCUT2D eigenvalue weighted by Crippen LogP contribution is -2.39. The highest BCUT2D eigenvalue weighted by atomic mass is 16.5. The zero-order chi connectivity index (χ0) is 11.5. The molecule has 0 aromatic rings. The summed E-state index contributed by atoms with van der Waals surface area (Å²) in [6.45, 7) is 9.06. The summed E-state index contributed by atoms with van der Waals surface area (Å²) < 4.78 is 5.50. The van der Waals surface area contributed by atoms with Crippen LogP contribution in [0.3, 0.4) is 0 Å². The van der Waals surface area contributed by atoms with Gasteiger partial charge in [0.1, 0.15) is 0 Å². The Kier molecular flexibility index (Phi) is 4.60. The molecule has 1 rings (SSSR count). The summed E-state index contributed by atoms with van der Waals surface area (Å²) in [5, 5.41) is 10.1. The first kappa shape index (κ1) is 13.0. The number of aliphatic hydroxyl groups excluding tert-OH is 1. The van der Waals surface area contributed by atoms with Crippen molar-refractivity contribution in [2.45, 2.75) is 65.6 Å². The lowest BCUT2D eigenvalue weighted by atomic mass is 9.67. The van der Waals surface area contributed by atoms with Crippen LogP contribution in [0.25, 0.3) is 0 Å². The van der Waals surface area contributed by atoms with E-state index in [9.17, 15) is 5.11 Å². The molecule has 1 N–H and O–H groups in total. The Labute approximate surface area is 94.0 Å². The number of hydrogen-bond acceptors (Lipinski definition) is 2. The van der Waals surface area contributed by atoms with Crippen LogP contribution in [0.2, 0.25) is 0 Å². The van der Waals surface area contributed by atoms with Crippen molar-refractivity contribution in [3.05, 3.63) is 0 Å². The van der Waals surface area contributed by atoms with Crippen LogP contribution >= 0.6 is 0 Å². The molecular weight excluding hydrogens is 188 g/mol. The average molecular weight is 214 g/mol. The maximum absolute atomic E-state index is 10.1. The van der Waals surface area contributed by atoms with Gasteiger partial charge in [0.25, 0.3) is 0 Å². The summed E-state index contributed by atoms with van der Waals surface area (Å²) in [6, 6.07) is 0. The molecule has 0 heterocycles. The summed E-state index contributed by atoms with van der Waals surface area (Å²) >= 11 is 0. The van der Waals surface area contributed by atoms with E-state index in [4.69, 9.17) is 4.74 Å². The summed E-state index contributed by atoms with van der Waals surface area (Å²) in [4.78, 5) is 0. The fourth-order valence-corrected chi connectivity index (χ4v) is 2.64. The molecule has 1 aliphatic carbocycles. The van der Waals surface area contributed by atoms with Gasteiger partial charge in [-0.25, -0.2) is 0 Å². The molecule has 1 saturated carbocycles. The molecular formula is C13H26O2. The van der Waals surface area contributed by atoms with Crippen LogP contribution in [0, 0.1) is 11.3 Å². The van der Waals surface area contributed by atoms with E-state index in [2.05, 4.69) is 13.8 Å². The van der Waals surface area contributed by atoms with Crippen molar-refractivity contribution in [2.75, 3.05) is 6.61 Å². The molecule has 0 amide bonds. The normalized spacial score (nSPS) is 28.0. The zero-order valence-electron chi connectivity index (χ0n) is 10.6. The lowest BCUT2D eigenvalue weighted by molar-refractivity contribution is -0.0603. The van der Waals surface area contributed by atoms with Crippen LogP contribution in [-0.2, 0) is 4.74 Å². The minimum Gasteiger partial charge on any atom is -0.390 e. The standard InChI is InChI=1S/C13H26O2/c1-10(2)15-9-12(14)11-7-5-6-8-13(11,3)4/h10-12,14H,5-9H2,1-4H3. The maximum atomic E-state index is 10.1. The Balaban J connectivity index is 2.45. The van der Waals surface area contributed by atoms with Crippen molar-refractivity contribution in [2.24, 2.45) is 11.3 Å². The summed E-state index contributed by atoms with van der Waals surface area (Å²) in [5.74, 6) is 0.407. The van der Waals surface area contributed by atoms with E-state index in [0.717, 1.165) is 6.42 Å². The highest BCUT2D eigenvalue weighted by Gasteiger charge is 2.36. The van der Waals surface area contributed by atoms with E-state index in [1.54, 1.807) is 0 Å². The average Bonchev–Trinajstić information content (AvgIpc) is 2.13. The van der Waals surface area contributed by atoms with Crippen LogP contribution in [0.1, 0.15) is 53.4 Å². The second-order valence-electron chi connectivity index (χ2n) is 5.79. The Morgan fingerprint density at radius 2 is 2.00 bits per heavy atom. The van der Waals surface area contributed by atoms with E-state index in [1.165, 1.54) is 19.3 Å². The molecule has 0 aromatic carbocycles. The number of aliphatic hydroxyl groups is 1. The first-order valence-corrected chi connectivity index (χ1v) is 6.23. The van der Waals surface area contributed by atoms with Gasteiger partial charge in [0.05, 0.1) is 18.8 Å². The number of rotatable bonds is 4. The highest BCUT2D eigenvalue weighted by molar-refractivity contribution is 4.86. The van der Waals surface area contributed by atoms with E-state index in [-0.39, 0.29) is 17.6 Å². The van der Waals surface area contributed by atoms with Gasteiger partial charge in [-0.3, -0.25) is 0 Å². The first-order chi connectivity index (χ1) is 6.93. The van der Waals surface area contributed by atoms with Gasteiger partial charge in [-0.05, 0) is 38.0 Å². The molecule has 0 aliphatic heterocycles. The molecule has 2 unspecified atom stereocenters. The van der Waals surface area contributed by atoms with Crippen molar-refractivity contribution in [3.8, 4) is 0 Å². The van der Waals surface area contributed by atoms with Crippen LogP contribution in [0.5, 0.6) is 0 Å². The molecule has 90 valence electrons. The van der Waals surface area contributed by atoms with Crippen molar-refractivity contribution in [1.82, 2.24) is 0 Å². The molecule has 2 heteroatoms. The Morgan fingerprint density at radius 1 is 1.33 bits per heavy atom. The summed E-state index contributed by atoms with van der Waals surface area (Å²) in [5.41, 5.74) is 0.276. The number of hydrogen-bond donors (Lipinski definition) is 1. The van der Waals surface area contributed by atoms with E-state index < -0.39 is 0 Å². The Bertz CT molecular complexity index is 187. The smallest absolute Gasteiger partial charge is 0.0806 e. The molecule has 1 fully saturated rings. The van der Waals surface area contributed by atoms with Crippen molar-refractivity contribution < 1.29 is 9.84 Å². The summed E-state index contributed by atoms with van der Waals surface area (Å²) in [7, 11) is 0. The third kappa shape index (κ3) is 3.76. The second-order valence-corrected chi connectivity index (χ2v) is 5.79.